The van der Waals surface area contributed by atoms with E-state index in [9.17, 15) is 22.4 Å². The Morgan fingerprint density at radius 2 is 2.00 bits per heavy atom. The maximum Gasteiger partial charge on any atom is 0.408 e. The predicted molar refractivity (Wildman–Crippen MR) is 106 cm³/mol. The number of halogens is 4. The quantitative estimate of drug-likeness (QED) is 0.701. The van der Waals surface area contributed by atoms with Crippen molar-refractivity contribution in [1.29, 1.82) is 0 Å². The van der Waals surface area contributed by atoms with E-state index >= 15 is 0 Å². The van der Waals surface area contributed by atoms with Crippen molar-refractivity contribution in [3.05, 3.63) is 45.5 Å². The third-order valence-electron chi connectivity index (χ3n) is 6.09. The molecule has 2 aromatic rings. The fraction of sp³-hybridized carbons (Fsp3) is 0.500. The van der Waals surface area contributed by atoms with Crippen molar-refractivity contribution in [2.75, 3.05) is 41.5 Å². The molecular formula is C20H21F4N5O2. The standard InChI is InChI=1S/C20H21F4N5O2/c21-13-4-1-5-14-15(13)19(31-29(14)11-20(22,23)24)6-9-28(10-7-19)18-26-16-12(17(30)27-18)3-2-8-25-16/h1,4-5H,2-3,6-11H2,(H2,25,26,27,30). The molecule has 1 fully saturated rings. The largest absolute Gasteiger partial charge is 0.408 e. The summed E-state index contributed by atoms with van der Waals surface area (Å²) in [7, 11) is 0. The predicted octanol–water partition coefficient (Wildman–Crippen LogP) is 3.08. The van der Waals surface area contributed by atoms with Gasteiger partial charge in [-0.05, 0) is 25.0 Å². The Balaban J connectivity index is 1.41. The third kappa shape index (κ3) is 3.50. The van der Waals surface area contributed by atoms with Crippen LogP contribution in [0.4, 0.5) is 35.0 Å². The number of H-pyrrole nitrogens is 1. The highest BCUT2D eigenvalue weighted by atomic mass is 19.4. The molecule has 1 aromatic carbocycles. The molecule has 0 unspecified atom stereocenters. The molecule has 0 atom stereocenters. The lowest BCUT2D eigenvalue weighted by Gasteiger charge is -2.39. The summed E-state index contributed by atoms with van der Waals surface area (Å²) in [6.45, 7) is 0.107. The van der Waals surface area contributed by atoms with Crippen LogP contribution in [0.25, 0.3) is 0 Å². The fourth-order valence-electron chi connectivity index (χ4n) is 4.66. The van der Waals surface area contributed by atoms with E-state index in [1.807, 2.05) is 4.90 Å². The Morgan fingerprint density at radius 3 is 2.74 bits per heavy atom. The number of fused-ring (bicyclic) bond motifs is 3. The van der Waals surface area contributed by atoms with E-state index in [1.165, 1.54) is 18.2 Å². The summed E-state index contributed by atoms with van der Waals surface area (Å²) in [6, 6.07) is 4.06. The summed E-state index contributed by atoms with van der Waals surface area (Å²) >= 11 is 0. The SMILES string of the molecule is O=c1[nH]c(N2CCC3(CC2)ON(CC(F)(F)F)c2cccc(F)c23)nc2c1CCCN2. The Bertz CT molecular complexity index is 1060. The molecule has 4 heterocycles. The molecule has 0 radical (unpaired) electrons. The number of aromatic nitrogens is 2. The second-order valence-corrected chi connectivity index (χ2v) is 8.11. The minimum Gasteiger partial charge on any atom is -0.370 e. The van der Waals surface area contributed by atoms with Gasteiger partial charge in [-0.25, -0.2) is 9.45 Å². The van der Waals surface area contributed by atoms with E-state index in [1.54, 1.807) is 0 Å². The minimum absolute atomic E-state index is 0.107. The summed E-state index contributed by atoms with van der Waals surface area (Å²) < 4.78 is 53.9. The highest BCUT2D eigenvalue weighted by Crippen LogP contribution is 2.50. The van der Waals surface area contributed by atoms with Crippen LogP contribution in [0.2, 0.25) is 0 Å². The van der Waals surface area contributed by atoms with Gasteiger partial charge in [0.05, 0.1) is 11.3 Å². The van der Waals surface area contributed by atoms with Crippen LogP contribution in [0, 0.1) is 5.82 Å². The highest BCUT2D eigenvalue weighted by Gasteiger charge is 2.50. The van der Waals surface area contributed by atoms with E-state index in [2.05, 4.69) is 15.3 Å². The molecule has 31 heavy (non-hydrogen) atoms. The Morgan fingerprint density at radius 1 is 1.23 bits per heavy atom. The maximum atomic E-state index is 14.7. The second kappa shape index (κ2) is 7.11. The molecule has 3 aliphatic rings. The summed E-state index contributed by atoms with van der Waals surface area (Å²) in [5.41, 5.74) is -0.490. The van der Waals surface area contributed by atoms with Gasteiger partial charge in [0.15, 0.2) is 0 Å². The number of benzene rings is 1. The molecule has 0 bridgehead atoms. The second-order valence-electron chi connectivity index (χ2n) is 8.11. The Kier molecular flexibility index (Phi) is 4.61. The Hall–Kier alpha value is -2.82. The van der Waals surface area contributed by atoms with Crippen molar-refractivity contribution in [2.45, 2.75) is 37.5 Å². The molecule has 5 rings (SSSR count). The van der Waals surface area contributed by atoms with Gasteiger partial charge >= 0.3 is 6.18 Å². The summed E-state index contributed by atoms with van der Waals surface area (Å²) in [5, 5.41) is 3.88. The lowest BCUT2D eigenvalue weighted by atomic mass is 9.84. The van der Waals surface area contributed by atoms with Gasteiger partial charge in [0.1, 0.15) is 23.8 Å². The van der Waals surface area contributed by atoms with E-state index in [0.29, 0.717) is 36.8 Å². The van der Waals surface area contributed by atoms with E-state index in [-0.39, 0.29) is 29.7 Å². The van der Waals surface area contributed by atoms with Crippen LogP contribution in [-0.2, 0) is 16.9 Å². The smallest absolute Gasteiger partial charge is 0.370 e. The number of anilines is 3. The summed E-state index contributed by atoms with van der Waals surface area (Å²) in [6.07, 6.45) is -2.46. The van der Waals surface area contributed by atoms with Gasteiger partial charge in [-0.2, -0.15) is 18.2 Å². The molecule has 11 heteroatoms. The topological polar surface area (TPSA) is 73.5 Å². The molecule has 1 spiro atoms. The molecule has 1 saturated heterocycles. The molecule has 0 amide bonds. The molecule has 0 saturated carbocycles. The lowest BCUT2D eigenvalue weighted by Crippen LogP contribution is -2.46. The Labute approximate surface area is 175 Å². The first-order valence-electron chi connectivity index (χ1n) is 10.2. The number of aromatic amines is 1. The molecule has 0 aliphatic carbocycles. The van der Waals surface area contributed by atoms with E-state index < -0.39 is 24.1 Å². The number of hydrogen-bond donors (Lipinski definition) is 2. The van der Waals surface area contributed by atoms with Crippen LogP contribution >= 0.6 is 0 Å². The first kappa shape index (κ1) is 20.1. The van der Waals surface area contributed by atoms with Crippen LogP contribution in [-0.4, -0.2) is 42.3 Å². The fourth-order valence-corrected chi connectivity index (χ4v) is 4.66. The van der Waals surface area contributed by atoms with Crippen molar-refractivity contribution in [2.24, 2.45) is 0 Å². The van der Waals surface area contributed by atoms with Crippen molar-refractivity contribution < 1.29 is 22.4 Å². The van der Waals surface area contributed by atoms with Gasteiger partial charge in [0.2, 0.25) is 5.95 Å². The number of alkyl halides is 3. The maximum absolute atomic E-state index is 14.7. The monoisotopic (exact) mass is 439 g/mol. The van der Waals surface area contributed by atoms with Crippen LogP contribution in [0.1, 0.15) is 30.4 Å². The van der Waals surface area contributed by atoms with Gasteiger partial charge in [-0.1, -0.05) is 6.07 Å². The molecule has 7 nitrogen and oxygen atoms in total. The first-order chi connectivity index (χ1) is 14.8. The van der Waals surface area contributed by atoms with Gasteiger partial charge in [-0.15, -0.1) is 0 Å². The van der Waals surface area contributed by atoms with Crippen LogP contribution in [0.5, 0.6) is 0 Å². The highest BCUT2D eigenvalue weighted by molar-refractivity contribution is 5.59. The number of nitrogens with zero attached hydrogens (tertiary/aromatic N) is 3. The minimum atomic E-state index is -4.49. The zero-order valence-corrected chi connectivity index (χ0v) is 16.6. The molecule has 1 aromatic heterocycles. The third-order valence-corrected chi connectivity index (χ3v) is 6.09. The average molecular weight is 439 g/mol. The van der Waals surface area contributed by atoms with E-state index in [0.717, 1.165) is 18.0 Å². The number of nitrogens with one attached hydrogen (secondary N) is 2. The molecule has 166 valence electrons. The first-order valence-corrected chi connectivity index (χ1v) is 10.2. The molecule has 3 aliphatic heterocycles. The number of rotatable bonds is 2. The number of hydroxylamine groups is 1. The van der Waals surface area contributed by atoms with Crippen LogP contribution < -0.4 is 20.8 Å². The molecular weight excluding hydrogens is 418 g/mol. The zero-order chi connectivity index (χ0) is 21.8. The van der Waals surface area contributed by atoms with Gasteiger partial charge in [0.25, 0.3) is 5.56 Å². The van der Waals surface area contributed by atoms with Crippen LogP contribution in [0.3, 0.4) is 0 Å². The number of piperidine rings is 1. The van der Waals surface area contributed by atoms with E-state index in [4.69, 9.17) is 4.84 Å². The van der Waals surface area contributed by atoms with Crippen molar-refractivity contribution in [1.82, 2.24) is 9.97 Å². The average Bonchev–Trinajstić information content (AvgIpc) is 3.01. The summed E-state index contributed by atoms with van der Waals surface area (Å²) in [4.78, 5) is 27.3. The van der Waals surface area contributed by atoms with Gasteiger partial charge in [0, 0.05) is 38.0 Å². The normalized spacial score (nSPS) is 19.9. The van der Waals surface area contributed by atoms with Crippen molar-refractivity contribution >= 4 is 17.5 Å². The zero-order valence-electron chi connectivity index (χ0n) is 16.6. The molecule has 2 N–H and O–H groups in total. The number of hydrogen-bond acceptors (Lipinski definition) is 6. The van der Waals surface area contributed by atoms with Crippen molar-refractivity contribution in [3.8, 4) is 0 Å². The van der Waals surface area contributed by atoms with Crippen LogP contribution in [0.15, 0.2) is 23.0 Å². The van der Waals surface area contributed by atoms with Crippen molar-refractivity contribution in [3.63, 3.8) is 0 Å². The van der Waals surface area contributed by atoms with Gasteiger partial charge in [-0.3, -0.25) is 14.6 Å². The lowest BCUT2D eigenvalue weighted by molar-refractivity contribution is -0.150. The van der Waals surface area contributed by atoms with Gasteiger partial charge < -0.3 is 10.2 Å². The summed E-state index contributed by atoms with van der Waals surface area (Å²) in [5.74, 6) is 0.377.